The summed E-state index contributed by atoms with van der Waals surface area (Å²) in [5, 5.41) is 12.9. The molecule has 198 valence electrons. The molecule has 3 heterocycles. The van der Waals surface area contributed by atoms with E-state index in [-0.39, 0.29) is 33.4 Å². The second-order valence-electron chi connectivity index (χ2n) is 9.98. The molecule has 1 fully saturated rings. The van der Waals surface area contributed by atoms with E-state index in [0.717, 1.165) is 42.5 Å². The first-order valence-electron chi connectivity index (χ1n) is 13.2. The highest BCUT2D eigenvalue weighted by atomic mass is 32.2. The molecule has 39 heavy (non-hydrogen) atoms. The third-order valence-corrected chi connectivity index (χ3v) is 8.98. The monoisotopic (exact) mass is 538 g/mol. The van der Waals surface area contributed by atoms with Gasteiger partial charge < -0.3 is 5.32 Å². The Labute approximate surface area is 228 Å². The predicted molar refractivity (Wildman–Crippen MR) is 150 cm³/mol. The van der Waals surface area contributed by atoms with Crippen LogP contribution in [0.2, 0.25) is 0 Å². The van der Waals surface area contributed by atoms with Crippen molar-refractivity contribution in [2.45, 2.75) is 49.2 Å². The molecule has 2 aromatic heterocycles. The van der Waals surface area contributed by atoms with Gasteiger partial charge in [0.05, 0.1) is 17.8 Å². The molecule has 6 rings (SSSR count). The molecule has 1 aliphatic heterocycles. The molecular formula is C30H30N6O2S. The van der Waals surface area contributed by atoms with Crippen LogP contribution in [-0.4, -0.2) is 24.4 Å². The zero-order valence-corrected chi connectivity index (χ0v) is 22.5. The van der Waals surface area contributed by atoms with Crippen molar-refractivity contribution in [1.29, 1.82) is 5.41 Å². The van der Waals surface area contributed by atoms with Gasteiger partial charge in [0.25, 0.3) is 5.56 Å². The van der Waals surface area contributed by atoms with Crippen molar-refractivity contribution in [2.24, 2.45) is 12.0 Å². The Morgan fingerprint density at radius 3 is 2.51 bits per heavy atom. The van der Waals surface area contributed by atoms with Crippen LogP contribution < -0.4 is 27.2 Å². The first-order chi connectivity index (χ1) is 19.0. The summed E-state index contributed by atoms with van der Waals surface area (Å²) in [4.78, 5) is 23.5. The van der Waals surface area contributed by atoms with Crippen LogP contribution in [0, 0.1) is 5.41 Å². The number of benzene rings is 2. The summed E-state index contributed by atoms with van der Waals surface area (Å²) >= 11 is 0. The fourth-order valence-electron chi connectivity index (χ4n) is 5.52. The van der Waals surface area contributed by atoms with Crippen molar-refractivity contribution < 1.29 is 4.21 Å². The van der Waals surface area contributed by atoms with Gasteiger partial charge in [0.2, 0.25) is 5.62 Å². The van der Waals surface area contributed by atoms with E-state index < -0.39 is 10.8 Å². The maximum Gasteiger partial charge on any atom is 0.266 e. The Kier molecular flexibility index (Phi) is 6.83. The van der Waals surface area contributed by atoms with Gasteiger partial charge in [-0.05, 0) is 42.7 Å². The zero-order valence-electron chi connectivity index (χ0n) is 21.7. The summed E-state index contributed by atoms with van der Waals surface area (Å²) < 4.78 is 17.3. The largest absolute Gasteiger partial charge is 0.373 e. The fraction of sp³-hybridized carbons (Fsp3) is 0.267. The lowest BCUT2D eigenvalue weighted by Gasteiger charge is -2.25. The van der Waals surface area contributed by atoms with Crippen molar-refractivity contribution in [1.82, 2.24) is 19.4 Å². The first-order valence-corrected chi connectivity index (χ1v) is 14.4. The van der Waals surface area contributed by atoms with E-state index in [1.54, 1.807) is 25.4 Å². The zero-order chi connectivity index (χ0) is 26.9. The summed E-state index contributed by atoms with van der Waals surface area (Å²) in [6, 6.07) is 23.0. The average Bonchev–Trinajstić information content (AvgIpc) is 3.39. The summed E-state index contributed by atoms with van der Waals surface area (Å²) in [6.07, 6.45) is 5.81. The highest BCUT2D eigenvalue weighted by Crippen LogP contribution is 2.31. The molecule has 1 aliphatic carbocycles. The lowest BCUT2D eigenvalue weighted by molar-refractivity contribution is 0.321. The van der Waals surface area contributed by atoms with Crippen LogP contribution in [-0.2, 0) is 24.4 Å². The minimum absolute atomic E-state index is 0.0531. The Hall–Kier alpha value is -4.11. The molecule has 0 amide bonds. The highest BCUT2D eigenvalue weighted by Gasteiger charge is 2.33. The van der Waals surface area contributed by atoms with Crippen LogP contribution in [0.3, 0.4) is 0 Å². The Morgan fingerprint density at radius 2 is 1.77 bits per heavy atom. The van der Waals surface area contributed by atoms with Crippen molar-refractivity contribution in [3.63, 3.8) is 0 Å². The number of rotatable bonds is 6. The molecule has 3 unspecified atom stereocenters. The van der Waals surface area contributed by atoms with E-state index in [9.17, 15) is 9.00 Å². The molecule has 0 radical (unpaired) electrons. The molecule has 2 N–H and O–H groups in total. The van der Waals surface area contributed by atoms with Gasteiger partial charge in [-0.15, -0.1) is 0 Å². The normalized spacial score (nSPS) is 19.4. The van der Waals surface area contributed by atoms with Crippen LogP contribution in [0.25, 0.3) is 16.3 Å². The molecule has 3 atom stereocenters. The van der Waals surface area contributed by atoms with Crippen LogP contribution in [0.1, 0.15) is 37.3 Å². The SMILES string of the molecule is Cn1c(=O)c(=C(NCc2ccc(-c3ccccn3)cc2)S(=O)c2ccccc2)c(=N)n2c1=NC1CCCCC12. The van der Waals surface area contributed by atoms with Gasteiger partial charge in [0.15, 0.2) is 0 Å². The molecule has 2 aliphatic rings. The van der Waals surface area contributed by atoms with Gasteiger partial charge in [-0.1, -0.05) is 61.4 Å². The molecule has 2 aromatic carbocycles. The number of fused-ring (bicyclic) bond motifs is 3. The number of nitrogens with zero attached hydrogens (tertiary/aromatic N) is 4. The van der Waals surface area contributed by atoms with Crippen molar-refractivity contribution in [3.05, 3.63) is 111 Å². The minimum atomic E-state index is -1.70. The van der Waals surface area contributed by atoms with E-state index in [1.807, 2.05) is 65.2 Å². The fourth-order valence-corrected chi connectivity index (χ4v) is 6.73. The lowest BCUT2D eigenvalue weighted by Crippen LogP contribution is -2.59. The van der Waals surface area contributed by atoms with Crippen LogP contribution in [0.15, 0.2) is 93.7 Å². The second kappa shape index (κ2) is 10.6. The summed E-state index contributed by atoms with van der Waals surface area (Å²) in [5.74, 6) is 0. The van der Waals surface area contributed by atoms with Crippen LogP contribution in [0.5, 0.6) is 0 Å². The van der Waals surface area contributed by atoms with Crippen LogP contribution >= 0.6 is 0 Å². The van der Waals surface area contributed by atoms with Gasteiger partial charge in [-0.3, -0.25) is 24.3 Å². The lowest BCUT2D eigenvalue weighted by atomic mass is 9.91. The summed E-state index contributed by atoms with van der Waals surface area (Å²) in [6.45, 7) is 0.344. The van der Waals surface area contributed by atoms with E-state index in [4.69, 9.17) is 10.4 Å². The Balaban J connectivity index is 1.45. The minimum Gasteiger partial charge on any atom is -0.373 e. The molecule has 4 aromatic rings. The number of hydrogen-bond acceptors (Lipinski definition) is 6. The topological polar surface area (TPSA) is 105 Å². The summed E-state index contributed by atoms with van der Waals surface area (Å²) in [7, 11) is -0.00488. The standard InChI is InChI=1S/C30H30N6O2S/c1-35-29(37)26(27(31)36-25-13-6-5-12-24(25)34-30(35)36)28(39(38)22-9-3-2-4-10-22)33-19-20-14-16-21(17-15-20)23-11-7-8-18-32-23/h2-4,7-11,14-18,24-25,31,33H,5-6,12-13,19H2,1H3. The molecule has 0 bridgehead atoms. The summed E-state index contributed by atoms with van der Waals surface area (Å²) in [5.41, 5.74) is 3.07. The number of nitrogens with one attached hydrogen (secondary N) is 2. The third-order valence-electron chi connectivity index (χ3n) is 7.56. The molecule has 0 spiro atoms. The van der Waals surface area contributed by atoms with Crippen molar-refractivity contribution in [3.8, 4) is 11.3 Å². The number of hydrogen-bond donors (Lipinski definition) is 2. The van der Waals surface area contributed by atoms with Gasteiger partial charge in [-0.2, -0.15) is 0 Å². The maximum atomic E-state index is 13.9. The van der Waals surface area contributed by atoms with Crippen molar-refractivity contribution in [2.75, 3.05) is 0 Å². The smallest absolute Gasteiger partial charge is 0.266 e. The Morgan fingerprint density at radius 1 is 1.03 bits per heavy atom. The maximum absolute atomic E-state index is 13.9. The molecule has 1 saturated carbocycles. The number of pyridine rings is 1. The van der Waals surface area contributed by atoms with E-state index in [0.29, 0.717) is 17.1 Å². The predicted octanol–water partition coefficient (Wildman–Crippen LogP) is 2.51. The quantitative estimate of drug-likeness (QED) is 0.394. The van der Waals surface area contributed by atoms with E-state index in [2.05, 4.69) is 10.3 Å². The van der Waals surface area contributed by atoms with Gasteiger partial charge in [0.1, 0.15) is 26.5 Å². The van der Waals surface area contributed by atoms with Crippen molar-refractivity contribution >= 4 is 15.8 Å². The molecular weight excluding hydrogens is 508 g/mol. The van der Waals surface area contributed by atoms with Crippen LogP contribution in [0.4, 0.5) is 0 Å². The van der Waals surface area contributed by atoms with Gasteiger partial charge in [-0.25, -0.2) is 9.20 Å². The Bertz CT molecular complexity index is 1780. The van der Waals surface area contributed by atoms with Gasteiger partial charge >= 0.3 is 0 Å². The highest BCUT2D eigenvalue weighted by molar-refractivity contribution is 7.94. The average molecular weight is 539 g/mol. The molecule has 0 saturated heterocycles. The third kappa shape index (κ3) is 4.67. The first kappa shape index (κ1) is 25.2. The van der Waals surface area contributed by atoms with Gasteiger partial charge in [0, 0.05) is 30.2 Å². The number of aromatic nitrogens is 3. The molecule has 8 nitrogen and oxygen atoms in total. The second-order valence-corrected chi connectivity index (χ2v) is 11.4. The molecule has 9 heteroatoms. The van der Waals surface area contributed by atoms with E-state index >= 15 is 0 Å². The van der Waals surface area contributed by atoms with E-state index in [1.165, 1.54) is 4.57 Å².